The topological polar surface area (TPSA) is 91.3 Å². The molecule has 0 saturated carbocycles. The SMILES string of the molecule is CCCN(CCC)C(=O)C1=Cc2ccc(C(=O)N3CCC(c4ccc(C)cc4)CC3)cc2N=C(NC(=O)OC(C)(C)C)C1. The van der Waals surface area contributed by atoms with Crippen molar-refractivity contribution in [3.05, 3.63) is 70.3 Å². The minimum absolute atomic E-state index is 0.0383. The lowest BCUT2D eigenvalue weighted by Crippen LogP contribution is -2.38. The van der Waals surface area contributed by atoms with Crippen molar-refractivity contribution in [1.29, 1.82) is 0 Å². The molecule has 0 atom stereocenters. The van der Waals surface area contributed by atoms with E-state index in [0.29, 0.717) is 54.8 Å². The van der Waals surface area contributed by atoms with Gasteiger partial charge in [0.15, 0.2) is 0 Å². The Hall–Kier alpha value is -3.94. The Kier molecular flexibility index (Phi) is 10.4. The number of benzene rings is 2. The van der Waals surface area contributed by atoms with Crippen LogP contribution in [0.4, 0.5) is 10.5 Å². The molecule has 2 aromatic carbocycles. The summed E-state index contributed by atoms with van der Waals surface area (Å²) >= 11 is 0. The Morgan fingerprint density at radius 2 is 1.65 bits per heavy atom. The van der Waals surface area contributed by atoms with Gasteiger partial charge in [-0.2, -0.15) is 0 Å². The molecular weight excluding hydrogens is 540 g/mol. The van der Waals surface area contributed by atoms with E-state index in [0.717, 1.165) is 31.2 Å². The summed E-state index contributed by atoms with van der Waals surface area (Å²) in [5, 5.41) is 2.76. The number of ether oxygens (including phenoxy) is 1. The van der Waals surface area contributed by atoms with Gasteiger partial charge in [0, 0.05) is 49.3 Å². The van der Waals surface area contributed by atoms with Crippen LogP contribution in [0.5, 0.6) is 0 Å². The number of amides is 3. The summed E-state index contributed by atoms with van der Waals surface area (Å²) in [6.07, 6.45) is 4.88. The summed E-state index contributed by atoms with van der Waals surface area (Å²) in [4.78, 5) is 48.4. The molecule has 2 aliphatic heterocycles. The third-order valence-electron chi connectivity index (χ3n) is 7.75. The maximum absolute atomic E-state index is 13.6. The van der Waals surface area contributed by atoms with Crippen LogP contribution in [0, 0.1) is 6.92 Å². The Bertz CT molecular complexity index is 1370. The van der Waals surface area contributed by atoms with Crippen molar-refractivity contribution >= 4 is 35.5 Å². The molecule has 1 saturated heterocycles. The van der Waals surface area contributed by atoms with Crippen LogP contribution in [0.2, 0.25) is 0 Å². The van der Waals surface area contributed by atoms with Crippen LogP contribution in [0.25, 0.3) is 6.08 Å². The lowest BCUT2D eigenvalue weighted by molar-refractivity contribution is -0.127. The molecule has 1 N–H and O–H groups in total. The minimum Gasteiger partial charge on any atom is -0.444 e. The Morgan fingerprint density at radius 3 is 2.26 bits per heavy atom. The van der Waals surface area contributed by atoms with E-state index in [1.54, 1.807) is 26.8 Å². The highest BCUT2D eigenvalue weighted by Crippen LogP contribution is 2.32. The van der Waals surface area contributed by atoms with Crippen LogP contribution in [0.15, 0.2) is 53.0 Å². The number of amidine groups is 1. The number of rotatable bonds is 7. The van der Waals surface area contributed by atoms with E-state index < -0.39 is 11.7 Å². The van der Waals surface area contributed by atoms with Gasteiger partial charge in [-0.15, -0.1) is 0 Å². The first-order valence-electron chi connectivity index (χ1n) is 15.5. The van der Waals surface area contributed by atoms with Gasteiger partial charge in [0.05, 0.1) is 5.69 Å². The number of nitrogens with zero attached hydrogens (tertiary/aromatic N) is 3. The molecule has 2 aliphatic rings. The molecule has 0 bridgehead atoms. The molecule has 230 valence electrons. The fourth-order valence-corrected chi connectivity index (χ4v) is 5.63. The predicted octanol–water partition coefficient (Wildman–Crippen LogP) is 7.01. The van der Waals surface area contributed by atoms with Crippen molar-refractivity contribution in [2.24, 2.45) is 4.99 Å². The fraction of sp³-hybridized carbons (Fsp3) is 0.486. The second-order valence-corrected chi connectivity index (χ2v) is 12.6. The lowest BCUT2D eigenvalue weighted by Gasteiger charge is -2.32. The Balaban J connectivity index is 1.58. The van der Waals surface area contributed by atoms with Gasteiger partial charge >= 0.3 is 6.09 Å². The Morgan fingerprint density at radius 1 is 1.00 bits per heavy atom. The minimum atomic E-state index is -0.687. The summed E-state index contributed by atoms with van der Waals surface area (Å²) in [6, 6.07) is 14.1. The van der Waals surface area contributed by atoms with Gasteiger partial charge in [0.25, 0.3) is 5.91 Å². The van der Waals surface area contributed by atoms with Crippen molar-refractivity contribution < 1.29 is 19.1 Å². The average molecular weight is 587 g/mol. The van der Waals surface area contributed by atoms with Crippen molar-refractivity contribution in [1.82, 2.24) is 15.1 Å². The molecule has 2 aromatic rings. The second kappa shape index (κ2) is 14.0. The van der Waals surface area contributed by atoms with Crippen LogP contribution in [-0.4, -0.2) is 65.3 Å². The zero-order valence-corrected chi connectivity index (χ0v) is 26.5. The molecule has 8 heteroatoms. The molecule has 0 unspecified atom stereocenters. The van der Waals surface area contributed by atoms with E-state index in [9.17, 15) is 14.4 Å². The van der Waals surface area contributed by atoms with Gasteiger partial charge < -0.3 is 14.5 Å². The van der Waals surface area contributed by atoms with Crippen molar-refractivity contribution in [3.8, 4) is 0 Å². The molecule has 43 heavy (non-hydrogen) atoms. The van der Waals surface area contributed by atoms with E-state index in [2.05, 4.69) is 36.5 Å². The first kappa shape index (κ1) is 32.0. The molecular formula is C35H46N4O4. The van der Waals surface area contributed by atoms with Crippen molar-refractivity contribution in [3.63, 3.8) is 0 Å². The van der Waals surface area contributed by atoms with Gasteiger partial charge in [0.2, 0.25) is 5.91 Å². The van der Waals surface area contributed by atoms with Crippen LogP contribution in [0.1, 0.15) is 99.7 Å². The third kappa shape index (κ3) is 8.55. The zero-order valence-electron chi connectivity index (χ0n) is 26.5. The molecule has 8 nitrogen and oxygen atoms in total. The van der Waals surface area contributed by atoms with E-state index in [4.69, 9.17) is 9.73 Å². The number of hydrogen-bond donors (Lipinski definition) is 1. The maximum Gasteiger partial charge on any atom is 0.413 e. The molecule has 0 aromatic heterocycles. The molecule has 3 amide bonds. The highest BCUT2D eigenvalue weighted by Gasteiger charge is 2.27. The first-order valence-corrected chi connectivity index (χ1v) is 15.5. The molecule has 0 aliphatic carbocycles. The normalized spacial score (nSPS) is 15.5. The molecule has 2 heterocycles. The Labute approximate surface area is 256 Å². The van der Waals surface area contributed by atoms with Crippen LogP contribution in [-0.2, 0) is 9.53 Å². The van der Waals surface area contributed by atoms with E-state index in [-0.39, 0.29) is 18.2 Å². The van der Waals surface area contributed by atoms with Gasteiger partial charge in [0.1, 0.15) is 11.4 Å². The summed E-state index contributed by atoms with van der Waals surface area (Å²) in [5.74, 6) is 0.642. The molecule has 1 fully saturated rings. The largest absolute Gasteiger partial charge is 0.444 e. The molecule has 0 radical (unpaired) electrons. The smallest absolute Gasteiger partial charge is 0.413 e. The number of piperidine rings is 1. The van der Waals surface area contributed by atoms with Gasteiger partial charge in [-0.3, -0.25) is 14.9 Å². The number of nitrogens with one attached hydrogen (secondary N) is 1. The number of hydrogen-bond acceptors (Lipinski definition) is 5. The van der Waals surface area contributed by atoms with E-state index in [1.807, 2.05) is 41.9 Å². The second-order valence-electron chi connectivity index (χ2n) is 12.6. The third-order valence-corrected chi connectivity index (χ3v) is 7.75. The number of alkyl carbamates (subject to hydrolysis) is 1. The highest BCUT2D eigenvalue weighted by atomic mass is 16.6. The van der Waals surface area contributed by atoms with Crippen molar-refractivity contribution in [2.75, 3.05) is 26.2 Å². The summed E-state index contributed by atoms with van der Waals surface area (Å²) in [7, 11) is 0. The van der Waals surface area contributed by atoms with Crippen LogP contribution in [0.3, 0.4) is 0 Å². The lowest BCUT2D eigenvalue weighted by atomic mass is 9.89. The van der Waals surface area contributed by atoms with Gasteiger partial charge in [-0.25, -0.2) is 9.79 Å². The summed E-state index contributed by atoms with van der Waals surface area (Å²) < 4.78 is 5.47. The highest BCUT2D eigenvalue weighted by molar-refractivity contribution is 6.09. The number of likely N-dealkylation sites (tertiary alicyclic amines) is 1. The first-order chi connectivity index (χ1) is 20.5. The fourth-order valence-electron chi connectivity index (χ4n) is 5.63. The monoisotopic (exact) mass is 586 g/mol. The zero-order chi connectivity index (χ0) is 31.1. The van der Waals surface area contributed by atoms with Crippen LogP contribution >= 0.6 is 0 Å². The predicted molar refractivity (Wildman–Crippen MR) is 172 cm³/mol. The summed E-state index contributed by atoms with van der Waals surface area (Å²) in [6.45, 7) is 14.2. The summed E-state index contributed by atoms with van der Waals surface area (Å²) in [5.41, 5.74) is 4.22. The van der Waals surface area contributed by atoms with Crippen LogP contribution < -0.4 is 5.32 Å². The number of fused-ring (bicyclic) bond motifs is 1. The number of aliphatic imine (C=N–C) groups is 1. The van der Waals surface area contributed by atoms with Gasteiger partial charge in [-0.1, -0.05) is 49.7 Å². The van der Waals surface area contributed by atoms with Crippen molar-refractivity contribution in [2.45, 2.75) is 85.2 Å². The quantitative estimate of drug-likeness (QED) is 0.378. The van der Waals surface area contributed by atoms with Gasteiger partial charge in [-0.05, 0) is 83.1 Å². The number of carbonyl (C=O) groups is 3. The van der Waals surface area contributed by atoms with E-state index in [1.165, 1.54) is 11.1 Å². The maximum atomic E-state index is 13.6. The van der Waals surface area contributed by atoms with E-state index >= 15 is 0 Å². The number of aryl methyl sites for hydroxylation is 1. The molecule has 0 spiro atoms. The number of carbonyl (C=O) groups excluding carboxylic acids is 3. The standard InChI is InChI=1S/C35H46N4O4/c1-7-17-38(18-8-2)33(41)29-21-27-13-14-28(22-30(27)36-31(23-29)37-34(42)43-35(4,5)6)32(40)39-19-15-26(16-20-39)25-11-9-24(3)10-12-25/h9-14,21-22,26H,7-8,15-20,23H2,1-6H3,(H,36,37,42). The molecule has 4 rings (SSSR count). The average Bonchev–Trinajstić information content (AvgIpc) is 3.14.